The number of nitrogens with one attached hydrogen (secondary N) is 1. The molecule has 0 aromatic carbocycles. The molecule has 2 rings (SSSR count). The van der Waals surface area contributed by atoms with Crippen molar-refractivity contribution in [2.24, 2.45) is 0 Å². The molecule has 3 nitrogen and oxygen atoms in total. The largest absolute Gasteiger partial charge is 0.365 e. The van der Waals surface area contributed by atoms with Gasteiger partial charge in [0.1, 0.15) is 0 Å². The third-order valence-electron chi connectivity index (χ3n) is 2.21. The van der Waals surface area contributed by atoms with E-state index in [1.807, 2.05) is 18.3 Å². The normalized spacial score (nSPS) is 29.4. The summed E-state index contributed by atoms with van der Waals surface area (Å²) < 4.78 is 5.25. The van der Waals surface area contributed by atoms with Gasteiger partial charge in [-0.2, -0.15) is 0 Å². The van der Waals surface area contributed by atoms with Crippen LogP contribution in [0.1, 0.15) is 18.5 Å². The minimum Gasteiger partial charge on any atom is -0.365 e. The van der Waals surface area contributed by atoms with E-state index in [0.29, 0.717) is 13.0 Å². The smallest absolute Gasteiger partial charge is 0.170 e. The van der Waals surface area contributed by atoms with E-state index in [-0.39, 0.29) is 0 Å². The van der Waals surface area contributed by atoms with Crippen LogP contribution in [0.4, 0.5) is 0 Å². The van der Waals surface area contributed by atoms with E-state index in [1.54, 1.807) is 0 Å². The van der Waals surface area contributed by atoms with Gasteiger partial charge < -0.3 is 14.8 Å². The number of aliphatic hydroxyl groups is 1. The standard InChI is InChI=1S/C9H13NO2/c11-9(4-2-6-12-9)7-8-3-1-5-10-8/h1,3,5,10-11H,2,4,6-7H2. The Hall–Kier alpha value is -0.800. The zero-order valence-electron chi connectivity index (χ0n) is 6.92. The summed E-state index contributed by atoms with van der Waals surface area (Å²) in [7, 11) is 0. The maximum absolute atomic E-state index is 9.82. The second-order valence-corrected chi connectivity index (χ2v) is 3.27. The van der Waals surface area contributed by atoms with Crippen molar-refractivity contribution in [2.45, 2.75) is 25.0 Å². The SMILES string of the molecule is OC1(Cc2ccc[nH]2)CCCO1. The zero-order valence-corrected chi connectivity index (χ0v) is 6.92. The molecule has 2 heterocycles. The summed E-state index contributed by atoms with van der Waals surface area (Å²) in [6.45, 7) is 0.678. The van der Waals surface area contributed by atoms with Crippen LogP contribution in [0.3, 0.4) is 0 Å². The molecule has 0 amide bonds. The maximum Gasteiger partial charge on any atom is 0.170 e. The van der Waals surface area contributed by atoms with E-state index < -0.39 is 5.79 Å². The molecule has 0 saturated carbocycles. The zero-order chi connectivity index (χ0) is 8.44. The van der Waals surface area contributed by atoms with Crippen molar-refractivity contribution in [2.75, 3.05) is 6.61 Å². The summed E-state index contributed by atoms with van der Waals surface area (Å²) in [4.78, 5) is 3.05. The lowest BCUT2D eigenvalue weighted by atomic mass is 10.1. The van der Waals surface area contributed by atoms with Crippen LogP contribution >= 0.6 is 0 Å². The summed E-state index contributed by atoms with van der Waals surface area (Å²) in [6, 6.07) is 3.88. The first-order valence-electron chi connectivity index (χ1n) is 4.27. The van der Waals surface area contributed by atoms with Gasteiger partial charge in [-0.05, 0) is 18.6 Å². The molecule has 2 N–H and O–H groups in total. The summed E-state index contributed by atoms with van der Waals surface area (Å²) >= 11 is 0. The van der Waals surface area contributed by atoms with E-state index in [2.05, 4.69) is 4.98 Å². The van der Waals surface area contributed by atoms with Crippen LogP contribution in [-0.2, 0) is 11.2 Å². The van der Waals surface area contributed by atoms with Gasteiger partial charge in [-0.15, -0.1) is 0 Å². The Labute approximate surface area is 71.4 Å². The van der Waals surface area contributed by atoms with Crippen molar-refractivity contribution < 1.29 is 9.84 Å². The van der Waals surface area contributed by atoms with Gasteiger partial charge in [0.25, 0.3) is 0 Å². The van der Waals surface area contributed by atoms with Gasteiger partial charge >= 0.3 is 0 Å². The first-order chi connectivity index (χ1) is 5.79. The first kappa shape index (κ1) is 7.83. The second-order valence-electron chi connectivity index (χ2n) is 3.27. The molecule has 0 bridgehead atoms. The monoisotopic (exact) mass is 167 g/mol. The molecular formula is C9H13NO2. The molecule has 1 aromatic heterocycles. The fourth-order valence-corrected chi connectivity index (χ4v) is 1.60. The summed E-state index contributed by atoms with van der Waals surface area (Å²) in [5.41, 5.74) is 1.03. The molecule has 1 aliphatic heterocycles. The van der Waals surface area contributed by atoms with Gasteiger partial charge in [-0.25, -0.2) is 0 Å². The minimum atomic E-state index is -0.912. The Balaban J connectivity index is 2.02. The van der Waals surface area contributed by atoms with E-state index in [9.17, 15) is 5.11 Å². The van der Waals surface area contributed by atoms with E-state index >= 15 is 0 Å². The number of ether oxygens (including phenoxy) is 1. The van der Waals surface area contributed by atoms with Crippen molar-refractivity contribution in [1.29, 1.82) is 0 Å². The average Bonchev–Trinajstić information content (AvgIpc) is 2.62. The molecule has 1 saturated heterocycles. The Morgan fingerprint density at radius 3 is 3.17 bits per heavy atom. The lowest BCUT2D eigenvalue weighted by Gasteiger charge is -2.20. The highest BCUT2D eigenvalue weighted by atomic mass is 16.6. The van der Waals surface area contributed by atoms with Crippen LogP contribution in [0.25, 0.3) is 0 Å². The van der Waals surface area contributed by atoms with Gasteiger partial charge in [-0.1, -0.05) is 0 Å². The van der Waals surface area contributed by atoms with Crippen molar-refractivity contribution in [3.05, 3.63) is 24.0 Å². The Bertz CT molecular complexity index is 237. The van der Waals surface area contributed by atoms with Gasteiger partial charge in [0.2, 0.25) is 0 Å². The molecule has 1 unspecified atom stereocenters. The van der Waals surface area contributed by atoms with Crippen LogP contribution in [0.15, 0.2) is 18.3 Å². The number of hydrogen-bond acceptors (Lipinski definition) is 2. The van der Waals surface area contributed by atoms with Gasteiger partial charge in [-0.3, -0.25) is 0 Å². The van der Waals surface area contributed by atoms with Gasteiger partial charge in [0.05, 0.1) is 6.61 Å². The Morgan fingerprint density at radius 2 is 2.58 bits per heavy atom. The van der Waals surface area contributed by atoms with E-state index in [4.69, 9.17) is 4.74 Å². The number of aromatic nitrogens is 1. The molecule has 1 fully saturated rings. The first-order valence-corrected chi connectivity index (χ1v) is 4.27. The maximum atomic E-state index is 9.82. The highest BCUT2D eigenvalue weighted by Gasteiger charge is 2.32. The lowest BCUT2D eigenvalue weighted by Crippen LogP contribution is -2.29. The van der Waals surface area contributed by atoms with Crippen LogP contribution < -0.4 is 0 Å². The second kappa shape index (κ2) is 2.92. The van der Waals surface area contributed by atoms with E-state index in [1.165, 1.54) is 0 Å². The van der Waals surface area contributed by atoms with Crippen LogP contribution in [0.2, 0.25) is 0 Å². The molecule has 1 aliphatic rings. The topological polar surface area (TPSA) is 45.2 Å². The van der Waals surface area contributed by atoms with E-state index in [0.717, 1.165) is 18.5 Å². The molecule has 0 radical (unpaired) electrons. The van der Waals surface area contributed by atoms with Crippen molar-refractivity contribution in [3.63, 3.8) is 0 Å². The van der Waals surface area contributed by atoms with Crippen molar-refractivity contribution in [1.82, 2.24) is 4.98 Å². The summed E-state index contributed by atoms with van der Waals surface area (Å²) in [5, 5.41) is 9.82. The van der Waals surface area contributed by atoms with Crippen LogP contribution in [-0.4, -0.2) is 22.5 Å². The number of H-pyrrole nitrogens is 1. The highest BCUT2D eigenvalue weighted by molar-refractivity contribution is 5.06. The third-order valence-corrected chi connectivity index (χ3v) is 2.21. The quantitative estimate of drug-likeness (QED) is 0.691. The molecule has 12 heavy (non-hydrogen) atoms. The molecule has 66 valence electrons. The lowest BCUT2D eigenvalue weighted by molar-refractivity contribution is -0.169. The fraction of sp³-hybridized carbons (Fsp3) is 0.556. The Kier molecular flexibility index (Phi) is 1.90. The van der Waals surface area contributed by atoms with Crippen molar-refractivity contribution in [3.8, 4) is 0 Å². The molecule has 3 heteroatoms. The number of aromatic amines is 1. The molecule has 1 atom stereocenters. The van der Waals surface area contributed by atoms with Crippen LogP contribution in [0, 0.1) is 0 Å². The van der Waals surface area contributed by atoms with Gasteiger partial charge in [0.15, 0.2) is 5.79 Å². The number of hydrogen-bond donors (Lipinski definition) is 2. The van der Waals surface area contributed by atoms with Crippen molar-refractivity contribution >= 4 is 0 Å². The van der Waals surface area contributed by atoms with Crippen LogP contribution in [0.5, 0.6) is 0 Å². The summed E-state index contributed by atoms with van der Waals surface area (Å²) in [6.07, 6.45) is 4.12. The predicted molar refractivity (Wildman–Crippen MR) is 44.6 cm³/mol. The minimum absolute atomic E-state index is 0.569. The highest BCUT2D eigenvalue weighted by Crippen LogP contribution is 2.25. The Morgan fingerprint density at radius 1 is 1.67 bits per heavy atom. The molecule has 0 spiro atoms. The molecule has 0 aliphatic carbocycles. The molecule has 1 aromatic rings. The third kappa shape index (κ3) is 1.52. The summed E-state index contributed by atoms with van der Waals surface area (Å²) in [5.74, 6) is -0.912. The fourth-order valence-electron chi connectivity index (χ4n) is 1.60. The average molecular weight is 167 g/mol. The number of rotatable bonds is 2. The predicted octanol–water partition coefficient (Wildman–Crippen LogP) is 1.06. The van der Waals surface area contributed by atoms with Gasteiger partial charge in [0, 0.05) is 24.7 Å². The molecular weight excluding hydrogens is 154 g/mol.